The molecule has 0 atom stereocenters. The first-order chi connectivity index (χ1) is 65.0. The van der Waals surface area contributed by atoms with Gasteiger partial charge in [-0.3, -0.25) is 9.59 Å². The number of phenolic OH excluding ortho intramolecular Hbond substituents is 2. The van der Waals surface area contributed by atoms with Crippen molar-refractivity contribution in [3.63, 3.8) is 0 Å². The van der Waals surface area contributed by atoms with Gasteiger partial charge in [-0.15, -0.1) is 18.8 Å². The number of aliphatic hydroxyl groups excluding tert-OH is 2. The molecule has 0 amide bonds. The van der Waals surface area contributed by atoms with E-state index in [0.29, 0.717) is 114 Å². The van der Waals surface area contributed by atoms with Crippen molar-refractivity contribution in [3.05, 3.63) is 357 Å². The Labute approximate surface area is 913 Å². The predicted molar refractivity (Wildman–Crippen MR) is 565 cm³/mol. The van der Waals surface area contributed by atoms with Crippen LogP contribution >= 0.6 is 125 Å². The summed E-state index contributed by atoms with van der Waals surface area (Å²) in [4.78, 5) is 45.7. The van der Waals surface area contributed by atoms with E-state index in [9.17, 15) is 34.5 Å². The van der Waals surface area contributed by atoms with Crippen LogP contribution in [-0.2, 0) is 168 Å². The van der Waals surface area contributed by atoms with Gasteiger partial charge in [0.2, 0.25) is 0 Å². The van der Waals surface area contributed by atoms with Crippen molar-refractivity contribution < 1.29 is 167 Å². The van der Waals surface area contributed by atoms with Crippen molar-refractivity contribution in [2.75, 3.05) is 54.4 Å². The van der Waals surface area contributed by atoms with Crippen LogP contribution in [0.15, 0.2) is 274 Å². The topological polar surface area (TPSA) is 364 Å². The molecule has 0 saturated carbocycles. The first-order valence-electron chi connectivity index (χ1n) is 41.6. The molecule has 25 nitrogen and oxygen atoms in total. The maximum absolute atomic E-state index is 11.9. The van der Waals surface area contributed by atoms with Gasteiger partial charge in [-0.05, 0) is 263 Å². The fraction of sp³-hybridized carbons (Fsp3) is 0.235. The van der Waals surface area contributed by atoms with Crippen LogP contribution in [-0.4, -0.2) is 124 Å². The van der Waals surface area contributed by atoms with Crippen molar-refractivity contribution in [2.45, 2.75) is 106 Å². The standard InChI is InChI=1S/C27H25IO5.C18H15IO4.C17H15IO3.C10H12O3.C10H10O.C8H6I2O3.C7H10BNO2.C4H8O.CH4O.B.ClH.2Cu.Li.O.H/c1-2-31-26(29)15-21-10-6-7-11-25(21)32-17-20-12-22-14-23(33-27(22)24(28)13-20)18-30-16-19-8-4-3-5-9-19;1-21-18(20)14-7-13-8-15(23-17(13)16(19)9-14)11-22-10-12-5-3-2-4-6-12;18-16-7-13(9-19)6-14-8-15(21-17(14)16)11-20-10-12-4-2-1-3-5-12;1-2-13-10(12)7-8-5-3-4-6-9(8)11;1-2-8-11-9-10-6-4-3-5-7-10;1-13-8(12)4-2-5(9)7(11)6(10)3-4;9-5-6-2-1-3-7(4-6)8(10)11;1-2-4-5-3-1;1-2;;;;;;;/h3-14H,2,15-18H2,1H3;2-9H,10-11H2,1H3;1-8,19H,9-11H2;3-6,11H,2,7H2,1H3;1,3-7H,8-9H2;2-3,11H,1H3;1-4,10-11H,5,9H2;1-4H2;2H,1H3;;1H;;;;;/q;;;;;;;;;;;;;+1;;-1. The van der Waals surface area contributed by atoms with Crippen LogP contribution < -0.4 is 34.8 Å². The Balaban J connectivity index is 0.000000820. The summed E-state index contributed by atoms with van der Waals surface area (Å²) < 4.78 is 82.1. The molecule has 0 unspecified atom stereocenters. The number of aliphatic hydroxyl groups is 2. The molecule has 4 heterocycles. The molecular weight excluding hydrogens is 2450 g/mol. The second-order valence-electron chi connectivity index (χ2n) is 28.2. The second-order valence-corrected chi connectivity index (χ2v) is 34.0. The molecule has 1 saturated heterocycles. The molecule has 0 spiro atoms. The van der Waals surface area contributed by atoms with Crippen LogP contribution in [0.3, 0.4) is 0 Å². The van der Waals surface area contributed by atoms with Gasteiger partial charge in [0, 0.05) is 79.6 Å². The summed E-state index contributed by atoms with van der Waals surface area (Å²) in [7, 11) is 2.30. The van der Waals surface area contributed by atoms with E-state index in [0.717, 1.165) is 126 Å². The van der Waals surface area contributed by atoms with Crippen molar-refractivity contribution in [2.24, 2.45) is 5.73 Å². The fourth-order valence-corrected chi connectivity index (χ4v) is 16.3. The van der Waals surface area contributed by atoms with Crippen molar-refractivity contribution >= 4 is 203 Å². The van der Waals surface area contributed by atoms with Gasteiger partial charge in [-0.1, -0.05) is 188 Å². The van der Waals surface area contributed by atoms with Crippen LogP contribution in [0.5, 0.6) is 17.2 Å². The third-order valence-electron chi connectivity index (χ3n) is 18.3. The van der Waals surface area contributed by atoms with Crippen molar-refractivity contribution in [1.29, 1.82) is 0 Å². The summed E-state index contributed by atoms with van der Waals surface area (Å²) in [5, 5.41) is 55.4. The molecule has 3 aromatic heterocycles. The number of carbonyl (C=O) groups excluding carboxylic acids is 4. The third-order valence-corrected chi connectivity index (χ3v) is 22.4. The molecule has 8 N–H and O–H groups in total. The number of para-hydroxylation sites is 2. The number of methoxy groups -OCH3 is 2. The Hall–Kier alpha value is -8.01. The number of rotatable bonds is 29. The van der Waals surface area contributed by atoms with E-state index >= 15 is 0 Å². The Bertz CT molecular complexity index is 5890. The molecule has 735 valence electrons. The van der Waals surface area contributed by atoms with Gasteiger partial charge >= 0.3 is 69.6 Å². The molecular formula is C102H107B2ClCu2I5LiNO24. The summed E-state index contributed by atoms with van der Waals surface area (Å²) >= 11 is 13.5. The number of halogens is 6. The van der Waals surface area contributed by atoms with E-state index in [2.05, 4.69) is 107 Å². The number of benzene rings is 11. The number of furan rings is 3. The first-order valence-corrected chi connectivity index (χ1v) is 47.4. The molecule has 14 aromatic rings. The first kappa shape index (κ1) is 126. The zero-order valence-corrected chi connectivity index (χ0v) is 90.0. The zero-order chi connectivity index (χ0) is 97.4. The summed E-state index contributed by atoms with van der Waals surface area (Å²) in [5.41, 5.74) is 18.0. The van der Waals surface area contributed by atoms with Crippen molar-refractivity contribution in [3.8, 4) is 29.6 Å². The number of fused-ring (bicyclic) bond motifs is 3. The van der Waals surface area contributed by atoms with Gasteiger partial charge in [0.15, 0.2) is 0 Å². The maximum atomic E-state index is 11.9. The Kier molecular flexibility index (Phi) is 66.8. The molecule has 15 rings (SSSR count). The molecule has 0 aliphatic carbocycles. The van der Waals surface area contributed by atoms with Gasteiger partial charge in [-0.2, -0.15) is 0 Å². The molecule has 0 bridgehead atoms. The van der Waals surface area contributed by atoms with E-state index in [4.69, 9.17) is 87.0 Å². The molecule has 138 heavy (non-hydrogen) atoms. The Morgan fingerprint density at radius 2 is 0.833 bits per heavy atom. The number of esters is 4. The zero-order valence-electron chi connectivity index (χ0n) is 77.5. The minimum absolute atomic E-state index is 0. The third kappa shape index (κ3) is 46.4. The van der Waals surface area contributed by atoms with E-state index < -0.39 is 13.1 Å². The SMILES string of the molecule is C#CCOCc1ccccc1.C1CCOC1.CCOC(=O)Cc1ccccc1O.CCOC(=O)Cc1ccccc1OCc1cc(I)c2oc(COCc3ccccc3)cc2c1.CO.COC(=O)c1cc(I)c(O)c(I)c1.COC(=O)c1cc(I)c2oc(COCc3ccccc3)cc2c1.Cl.NCc1cccc(B(O)O)c1.OCc1cc(I)c2oc(COCc3ccccc3)cc2c1.[B].[Cu].[H-].[Li+].[O]=[Cu]. The molecule has 4 radical (unpaired) electrons. The number of aromatic hydroxyl groups is 2. The molecule has 11 aromatic carbocycles. The summed E-state index contributed by atoms with van der Waals surface area (Å²) in [5.74, 6) is 4.44. The van der Waals surface area contributed by atoms with E-state index in [1.165, 1.54) is 27.1 Å². The number of phenols is 2. The van der Waals surface area contributed by atoms with Gasteiger partial charge in [0.05, 0.1) is 102 Å². The monoisotopic (exact) mass is 2550 g/mol. The van der Waals surface area contributed by atoms with Crippen LogP contribution in [0.25, 0.3) is 32.9 Å². The Morgan fingerprint density at radius 1 is 0.464 bits per heavy atom. The number of ether oxygens (including phenoxy) is 10. The predicted octanol–water partition coefficient (Wildman–Crippen LogP) is 17.2. The molecule has 36 heteroatoms. The van der Waals surface area contributed by atoms with Crippen LogP contribution in [0.2, 0.25) is 0 Å². The van der Waals surface area contributed by atoms with E-state index in [1.54, 1.807) is 80.6 Å². The van der Waals surface area contributed by atoms with Gasteiger partial charge in [0.1, 0.15) is 84.3 Å². The van der Waals surface area contributed by atoms with Crippen molar-refractivity contribution in [1.82, 2.24) is 0 Å². The van der Waals surface area contributed by atoms with Crippen LogP contribution in [0, 0.1) is 30.2 Å². The van der Waals surface area contributed by atoms with Gasteiger partial charge in [-0.25, -0.2) is 9.59 Å². The number of carbonyl (C=O) groups is 4. The normalized spacial score (nSPS) is 10.4. The molecule has 1 aliphatic heterocycles. The number of hydrogen-bond donors (Lipinski definition) is 7. The number of nitrogens with two attached hydrogens (primary N) is 1. The second kappa shape index (κ2) is 73.1. The molecule has 1 fully saturated rings. The summed E-state index contributed by atoms with van der Waals surface area (Å²) in [6.07, 6.45) is 7.89. The minimum atomic E-state index is -1.40. The number of terminal acetylenes is 1. The molecule has 1 aliphatic rings. The van der Waals surface area contributed by atoms with Gasteiger partial charge < -0.3 is 98.3 Å². The Morgan fingerprint density at radius 3 is 1.23 bits per heavy atom. The van der Waals surface area contributed by atoms with E-state index in [-0.39, 0.29) is 107 Å². The average Bonchev–Trinajstić information content (AvgIpc) is 1.68. The quantitative estimate of drug-likeness (QED) is 0.00572. The van der Waals surface area contributed by atoms with E-state index in [1.807, 2.05) is 227 Å². The average molecular weight is 2560 g/mol. The summed E-state index contributed by atoms with van der Waals surface area (Å²) in [6, 6.07) is 81.8. The fourth-order valence-electron chi connectivity index (χ4n) is 12.1. The number of hydrogen-bond acceptors (Lipinski definition) is 25. The van der Waals surface area contributed by atoms with Crippen LogP contribution in [0.4, 0.5) is 0 Å². The summed E-state index contributed by atoms with van der Waals surface area (Å²) in [6.45, 7) is 11.0. The van der Waals surface area contributed by atoms with Gasteiger partial charge in [0.25, 0.3) is 0 Å². The van der Waals surface area contributed by atoms with Crippen LogP contribution in [0.1, 0.15) is 116 Å².